The van der Waals surface area contributed by atoms with E-state index in [0.717, 1.165) is 5.92 Å². The molecule has 0 amide bonds. The first kappa shape index (κ1) is 10.0. The summed E-state index contributed by atoms with van der Waals surface area (Å²) in [4.78, 5) is 4.62. The zero-order valence-electron chi connectivity index (χ0n) is 8.09. The van der Waals surface area contributed by atoms with Gasteiger partial charge in [-0.1, -0.05) is 39.0 Å². The van der Waals surface area contributed by atoms with Crippen LogP contribution in [0.25, 0.3) is 0 Å². The molecule has 1 saturated carbocycles. The van der Waals surface area contributed by atoms with Gasteiger partial charge in [0.05, 0.1) is 6.61 Å². The lowest BCUT2D eigenvalue weighted by Crippen LogP contribution is -2.11. The quantitative estimate of drug-likeness (QED) is 0.645. The maximum Gasteiger partial charge on any atom is 0.0704 e. The second-order valence-corrected chi connectivity index (χ2v) is 4.17. The third-order valence-electron chi connectivity index (χ3n) is 2.92. The van der Waals surface area contributed by atoms with Crippen LogP contribution in [0.1, 0.15) is 45.4 Å². The number of hydrogen-bond acceptors (Lipinski definition) is 2. The van der Waals surface area contributed by atoms with Gasteiger partial charge in [-0.25, -0.2) is 5.90 Å². The second kappa shape index (κ2) is 5.55. The van der Waals surface area contributed by atoms with E-state index >= 15 is 0 Å². The fourth-order valence-corrected chi connectivity index (χ4v) is 2.07. The van der Waals surface area contributed by atoms with Crippen LogP contribution in [0.15, 0.2) is 0 Å². The van der Waals surface area contributed by atoms with E-state index in [-0.39, 0.29) is 0 Å². The zero-order chi connectivity index (χ0) is 8.81. The summed E-state index contributed by atoms with van der Waals surface area (Å²) in [5.74, 6) is 6.65. The van der Waals surface area contributed by atoms with Crippen molar-refractivity contribution >= 4 is 0 Å². The fourth-order valence-electron chi connectivity index (χ4n) is 2.07. The van der Waals surface area contributed by atoms with Gasteiger partial charge in [0.1, 0.15) is 0 Å². The largest absolute Gasteiger partial charge is 0.304 e. The maximum absolute atomic E-state index is 5.01. The van der Waals surface area contributed by atoms with Crippen LogP contribution < -0.4 is 5.90 Å². The van der Waals surface area contributed by atoms with Gasteiger partial charge >= 0.3 is 0 Å². The van der Waals surface area contributed by atoms with Crippen molar-refractivity contribution in [3.05, 3.63) is 0 Å². The van der Waals surface area contributed by atoms with Crippen LogP contribution in [0.3, 0.4) is 0 Å². The molecule has 0 spiro atoms. The first-order chi connectivity index (χ1) is 5.83. The summed E-state index contributed by atoms with van der Waals surface area (Å²) in [6, 6.07) is 0. The van der Waals surface area contributed by atoms with E-state index in [4.69, 9.17) is 5.90 Å². The molecule has 1 unspecified atom stereocenters. The molecule has 2 N–H and O–H groups in total. The summed E-state index contributed by atoms with van der Waals surface area (Å²) >= 11 is 0. The molecule has 1 aliphatic rings. The Morgan fingerprint density at radius 2 is 2.08 bits per heavy atom. The Labute approximate surface area is 75.4 Å². The van der Waals surface area contributed by atoms with E-state index in [1.807, 2.05) is 0 Å². The SMILES string of the molecule is CC(CCC1CCCC1)CON. The van der Waals surface area contributed by atoms with Gasteiger partial charge in [-0.15, -0.1) is 0 Å². The van der Waals surface area contributed by atoms with Gasteiger partial charge in [-0.05, 0) is 18.3 Å². The minimum Gasteiger partial charge on any atom is -0.304 e. The van der Waals surface area contributed by atoms with E-state index in [9.17, 15) is 0 Å². The molecule has 1 rings (SSSR count). The summed E-state index contributed by atoms with van der Waals surface area (Å²) in [5.41, 5.74) is 0. The maximum atomic E-state index is 5.01. The van der Waals surface area contributed by atoms with Crippen LogP contribution >= 0.6 is 0 Å². The molecular weight excluding hydrogens is 150 g/mol. The molecule has 1 atom stereocenters. The van der Waals surface area contributed by atoms with Gasteiger partial charge in [0, 0.05) is 0 Å². The fraction of sp³-hybridized carbons (Fsp3) is 1.00. The van der Waals surface area contributed by atoms with Crippen molar-refractivity contribution in [1.82, 2.24) is 0 Å². The lowest BCUT2D eigenvalue weighted by atomic mass is 9.96. The molecule has 0 aliphatic heterocycles. The smallest absolute Gasteiger partial charge is 0.0704 e. The highest BCUT2D eigenvalue weighted by Gasteiger charge is 2.15. The molecule has 12 heavy (non-hydrogen) atoms. The topological polar surface area (TPSA) is 35.2 Å². The Balaban J connectivity index is 1.99. The molecule has 2 heteroatoms. The first-order valence-electron chi connectivity index (χ1n) is 5.14. The van der Waals surface area contributed by atoms with E-state index in [2.05, 4.69) is 11.8 Å². The third-order valence-corrected chi connectivity index (χ3v) is 2.92. The molecule has 0 aromatic heterocycles. The first-order valence-corrected chi connectivity index (χ1v) is 5.14. The predicted molar refractivity (Wildman–Crippen MR) is 50.5 cm³/mol. The zero-order valence-corrected chi connectivity index (χ0v) is 8.09. The number of nitrogens with two attached hydrogens (primary N) is 1. The Morgan fingerprint density at radius 3 is 2.67 bits per heavy atom. The standard InChI is InChI=1S/C10H21NO/c1-9(8-12-11)6-7-10-4-2-3-5-10/h9-10H,2-8,11H2,1H3. The highest BCUT2D eigenvalue weighted by Crippen LogP contribution is 2.29. The molecule has 2 nitrogen and oxygen atoms in total. The summed E-state index contributed by atoms with van der Waals surface area (Å²) in [5, 5.41) is 0. The van der Waals surface area contributed by atoms with Gasteiger partial charge in [0.15, 0.2) is 0 Å². The summed E-state index contributed by atoms with van der Waals surface area (Å²) in [6.45, 7) is 2.93. The second-order valence-electron chi connectivity index (χ2n) is 4.17. The number of hydrogen-bond donors (Lipinski definition) is 1. The van der Waals surface area contributed by atoms with E-state index in [1.54, 1.807) is 0 Å². The van der Waals surface area contributed by atoms with Crippen molar-refractivity contribution in [3.8, 4) is 0 Å². The van der Waals surface area contributed by atoms with E-state index < -0.39 is 0 Å². The molecule has 0 radical (unpaired) electrons. The van der Waals surface area contributed by atoms with Gasteiger partial charge in [-0.2, -0.15) is 0 Å². The van der Waals surface area contributed by atoms with Crippen LogP contribution in [-0.4, -0.2) is 6.61 Å². The van der Waals surface area contributed by atoms with Crippen molar-refractivity contribution in [3.63, 3.8) is 0 Å². The highest BCUT2D eigenvalue weighted by atomic mass is 16.6. The van der Waals surface area contributed by atoms with E-state index in [0.29, 0.717) is 12.5 Å². The Kier molecular flexibility index (Phi) is 4.62. The molecular formula is C10H21NO. The molecule has 0 aromatic carbocycles. The van der Waals surface area contributed by atoms with Crippen molar-refractivity contribution in [2.24, 2.45) is 17.7 Å². The van der Waals surface area contributed by atoms with Gasteiger partial charge in [0.25, 0.3) is 0 Å². The predicted octanol–water partition coefficient (Wildman–Crippen LogP) is 2.48. The average Bonchev–Trinajstić information content (AvgIpc) is 2.53. The van der Waals surface area contributed by atoms with Crippen molar-refractivity contribution in [1.29, 1.82) is 0 Å². The van der Waals surface area contributed by atoms with Crippen LogP contribution in [0, 0.1) is 11.8 Å². The number of rotatable bonds is 5. The van der Waals surface area contributed by atoms with Crippen LogP contribution in [0.5, 0.6) is 0 Å². The molecule has 0 heterocycles. The van der Waals surface area contributed by atoms with Gasteiger partial charge < -0.3 is 4.84 Å². The Bertz CT molecular complexity index is 110. The van der Waals surface area contributed by atoms with Crippen molar-refractivity contribution in [2.75, 3.05) is 6.61 Å². The molecule has 1 aliphatic carbocycles. The lowest BCUT2D eigenvalue weighted by molar-refractivity contribution is 0.101. The third kappa shape index (κ3) is 3.55. The van der Waals surface area contributed by atoms with Crippen molar-refractivity contribution < 1.29 is 4.84 Å². The minimum atomic E-state index is 0.635. The van der Waals surface area contributed by atoms with E-state index in [1.165, 1.54) is 38.5 Å². The summed E-state index contributed by atoms with van der Waals surface area (Å²) in [7, 11) is 0. The summed E-state index contributed by atoms with van der Waals surface area (Å²) in [6.07, 6.45) is 8.47. The Hall–Kier alpha value is -0.0800. The highest BCUT2D eigenvalue weighted by molar-refractivity contribution is 4.68. The van der Waals surface area contributed by atoms with Crippen LogP contribution in [0.2, 0.25) is 0 Å². The molecule has 72 valence electrons. The minimum absolute atomic E-state index is 0.635. The monoisotopic (exact) mass is 171 g/mol. The average molecular weight is 171 g/mol. The van der Waals surface area contributed by atoms with Gasteiger partial charge in [-0.3, -0.25) is 0 Å². The Morgan fingerprint density at radius 1 is 1.42 bits per heavy atom. The molecule has 0 saturated heterocycles. The molecule has 1 fully saturated rings. The van der Waals surface area contributed by atoms with Crippen molar-refractivity contribution in [2.45, 2.75) is 45.4 Å². The van der Waals surface area contributed by atoms with Gasteiger partial charge in [0.2, 0.25) is 0 Å². The molecule has 0 aromatic rings. The van der Waals surface area contributed by atoms with Crippen LogP contribution in [0.4, 0.5) is 0 Å². The normalized spacial score (nSPS) is 21.5. The van der Waals surface area contributed by atoms with Crippen LogP contribution in [-0.2, 0) is 4.84 Å². The molecule has 0 bridgehead atoms. The summed E-state index contributed by atoms with van der Waals surface area (Å²) < 4.78 is 0. The lowest BCUT2D eigenvalue weighted by Gasteiger charge is -2.12.